The first-order chi connectivity index (χ1) is 11.4. The topological polar surface area (TPSA) is 94.5 Å². The summed E-state index contributed by atoms with van der Waals surface area (Å²) in [5.41, 5.74) is 1.27. The van der Waals surface area contributed by atoms with Crippen molar-refractivity contribution >= 4 is 17.5 Å². The van der Waals surface area contributed by atoms with E-state index in [1.165, 1.54) is 0 Å². The quantitative estimate of drug-likeness (QED) is 0.378. The van der Waals surface area contributed by atoms with E-state index in [0.29, 0.717) is 6.42 Å². The first-order valence-corrected chi connectivity index (χ1v) is 8.47. The molecule has 0 aliphatic rings. The molecule has 0 heterocycles. The van der Waals surface area contributed by atoms with E-state index in [1.54, 1.807) is 31.2 Å². The van der Waals surface area contributed by atoms with Crippen LogP contribution in [0.3, 0.4) is 0 Å². The van der Waals surface area contributed by atoms with Crippen molar-refractivity contribution < 1.29 is 24.6 Å². The van der Waals surface area contributed by atoms with E-state index >= 15 is 0 Å². The molecule has 0 aliphatic carbocycles. The third kappa shape index (κ3) is 5.57. The molecule has 0 aliphatic heterocycles. The molecule has 1 aromatic rings. The molecule has 0 aromatic heterocycles. The summed E-state index contributed by atoms with van der Waals surface area (Å²) >= 11 is 0. The summed E-state index contributed by atoms with van der Waals surface area (Å²) in [6, 6.07) is 6.70. The number of aliphatic carboxylic acids is 1. The third-order valence-corrected chi connectivity index (χ3v) is 3.99. The van der Waals surface area contributed by atoms with E-state index < -0.39 is 29.6 Å². The Morgan fingerprint density at radius 3 is 2.17 bits per heavy atom. The van der Waals surface area contributed by atoms with Gasteiger partial charge in [-0.15, -0.1) is 0 Å². The van der Waals surface area contributed by atoms with E-state index in [-0.39, 0.29) is 12.0 Å². The maximum atomic E-state index is 12.3. The molecule has 0 spiro atoms. The molecule has 2 unspecified atom stereocenters. The molecule has 5 nitrogen and oxygen atoms in total. The fourth-order valence-corrected chi connectivity index (χ4v) is 2.58. The van der Waals surface area contributed by atoms with Crippen molar-refractivity contribution in [2.24, 2.45) is 5.92 Å². The van der Waals surface area contributed by atoms with Gasteiger partial charge in [0.1, 0.15) is 11.9 Å². The Bertz CT molecular complexity index is 562. The Labute approximate surface area is 142 Å². The van der Waals surface area contributed by atoms with Crippen LogP contribution in [0.2, 0.25) is 0 Å². The van der Waals surface area contributed by atoms with Crippen LogP contribution in [0.4, 0.5) is 0 Å². The number of aliphatic hydroxyl groups excluding tert-OH is 1. The lowest BCUT2D eigenvalue weighted by Gasteiger charge is -2.21. The molecule has 0 fully saturated rings. The largest absolute Gasteiger partial charge is 0.549 e. The fourth-order valence-electron chi connectivity index (χ4n) is 2.58. The van der Waals surface area contributed by atoms with Gasteiger partial charge in [0.25, 0.3) is 0 Å². The molecular weight excluding hydrogens is 308 g/mol. The third-order valence-electron chi connectivity index (χ3n) is 3.99. The summed E-state index contributed by atoms with van der Waals surface area (Å²) in [5.74, 6) is -4.99. The van der Waals surface area contributed by atoms with E-state index in [9.17, 15) is 24.6 Å². The highest BCUT2D eigenvalue weighted by molar-refractivity contribution is 6.08. The first-order valence-electron chi connectivity index (χ1n) is 8.47. The van der Waals surface area contributed by atoms with Gasteiger partial charge in [-0.25, -0.2) is 0 Å². The van der Waals surface area contributed by atoms with Crippen LogP contribution in [0.25, 0.3) is 0 Å². The van der Waals surface area contributed by atoms with Crippen LogP contribution in [0.1, 0.15) is 61.9 Å². The SMILES string of the molecule is CCCCCc1ccc(C(=O)C(O)C(C(=O)[O-])C(=O)CCC)cc1. The zero-order valence-electron chi connectivity index (χ0n) is 14.3. The van der Waals surface area contributed by atoms with Gasteiger partial charge in [0.15, 0.2) is 5.78 Å². The highest BCUT2D eigenvalue weighted by atomic mass is 16.4. The van der Waals surface area contributed by atoms with Gasteiger partial charge in [-0.3, -0.25) is 9.59 Å². The highest BCUT2D eigenvalue weighted by Crippen LogP contribution is 2.16. The monoisotopic (exact) mass is 333 g/mol. The smallest absolute Gasteiger partial charge is 0.192 e. The van der Waals surface area contributed by atoms with Gasteiger partial charge in [-0.2, -0.15) is 0 Å². The number of ketones is 2. The summed E-state index contributed by atoms with van der Waals surface area (Å²) in [6.45, 7) is 3.84. The van der Waals surface area contributed by atoms with E-state index in [0.717, 1.165) is 31.2 Å². The standard InChI is InChI=1S/C19H26O5/c1-3-5-6-8-13-9-11-14(12-10-13)17(21)18(22)16(19(23)24)15(20)7-4-2/h9-12,16,18,22H,3-8H2,1-2H3,(H,23,24)/p-1. The van der Waals surface area contributed by atoms with Crippen LogP contribution in [0.5, 0.6) is 0 Å². The normalized spacial score (nSPS) is 13.3. The molecule has 2 atom stereocenters. The lowest BCUT2D eigenvalue weighted by molar-refractivity contribution is -0.311. The van der Waals surface area contributed by atoms with Gasteiger partial charge in [0, 0.05) is 12.0 Å². The lowest BCUT2D eigenvalue weighted by Crippen LogP contribution is -2.46. The van der Waals surface area contributed by atoms with E-state index in [2.05, 4.69) is 6.92 Å². The molecule has 0 saturated heterocycles. The number of hydrogen-bond donors (Lipinski definition) is 1. The maximum Gasteiger partial charge on any atom is 0.192 e. The Morgan fingerprint density at radius 1 is 1.04 bits per heavy atom. The van der Waals surface area contributed by atoms with Crippen LogP contribution in [0, 0.1) is 5.92 Å². The predicted octanol–water partition coefficient (Wildman–Crippen LogP) is 1.70. The second-order valence-electron chi connectivity index (χ2n) is 5.98. The minimum atomic E-state index is -1.92. The number of aryl methyl sites for hydroxylation is 1. The molecule has 132 valence electrons. The molecule has 1 rings (SSSR count). The number of aliphatic hydroxyl groups is 1. The zero-order valence-corrected chi connectivity index (χ0v) is 14.3. The molecular formula is C19H25O5-. The van der Waals surface area contributed by atoms with Gasteiger partial charge in [0.05, 0.1) is 11.9 Å². The molecule has 24 heavy (non-hydrogen) atoms. The summed E-state index contributed by atoms with van der Waals surface area (Å²) in [4.78, 5) is 35.3. The average molecular weight is 333 g/mol. The van der Waals surface area contributed by atoms with Crippen molar-refractivity contribution in [3.63, 3.8) is 0 Å². The Hall–Kier alpha value is -2.01. The van der Waals surface area contributed by atoms with Gasteiger partial charge in [0.2, 0.25) is 0 Å². The van der Waals surface area contributed by atoms with E-state index in [4.69, 9.17) is 0 Å². The molecule has 0 amide bonds. The maximum absolute atomic E-state index is 12.3. The molecule has 1 aromatic carbocycles. The van der Waals surface area contributed by atoms with Crippen molar-refractivity contribution in [1.29, 1.82) is 0 Å². The van der Waals surface area contributed by atoms with Gasteiger partial charge < -0.3 is 15.0 Å². The second kappa shape index (κ2) is 9.98. The molecule has 0 radical (unpaired) electrons. The van der Waals surface area contributed by atoms with Crippen LogP contribution in [-0.4, -0.2) is 28.7 Å². The fraction of sp³-hybridized carbons (Fsp3) is 0.526. The molecule has 5 heteroatoms. The van der Waals surface area contributed by atoms with Crippen LogP contribution in [-0.2, 0) is 16.0 Å². The second-order valence-corrected chi connectivity index (χ2v) is 5.98. The van der Waals surface area contributed by atoms with Crippen molar-refractivity contribution in [2.75, 3.05) is 0 Å². The van der Waals surface area contributed by atoms with Gasteiger partial charge >= 0.3 is 0 Å². The number of carboxylic acids is 1. The van der Waals surface area contributed by atoms with Crippen molar-refractivity contribution in [2.45, 2.75) is 58.5 Å². The number of benzene rings is 1. The lowest BCUT2D eigenvalue weighted by atomic mass is 9.89. The Kier molecular flexibility index (Phi) is 8.33. The van der Waals surface area contributed by atoms with Gasteiger partial charge in [-0.05, 0) is 24.8 Å². The van der Waals surface area contributed by atoms with Crippen LogP contribution in [0.15, 0.2) is 24.3 Å². The minimum absolute atomic E-state index is 0.0145. The number of Topliss-reactive ketones (excluding diaryl/α,β-unsaturated/α-hetero) is 2. The van der Waals surface area contributed by atoms with E-state index in [1.807, 2.05) is 0 Å². The molecule has 1 N–H and O–H groups in total. The minimum Gasteiger partial charge on any atom is -0.549 e. The summed E-state index contributed by atoms with van der Waals surface area (Å²) in [6.07, 6.45) is 2.73. The van der Waals surface area contributed by atoms with Crippen LogP contribution >= 0.6 is 0 Å². The number of hydrogen-bond acceptors (Lipinski definition) is 5. The van der Waals surface area contributed by atoms with Crippen molar-refractivity contribution in [3.05, 3.63) is 35.4 Å². The summed E-state index contributed by atoms with van der Waals surface area (Å²) in [5, 5.41) is 21.2. The average Bonchev–Trinajstić information content (AvgIpc) is 2.55. The number of carbonyl (C=O) groups is 3. The first kappa shape index (κ1) is 20.0. The zero-order chi connectivity index (χ0) is 18.1. The molecule has 0 bridgehead atoms. The number of rotatable bonds is 11. The predicted molar refractivity (Wildman–Crippen MR) is 88.4 cm³/mol. The van der Waals surface area contributed by atoms with Crippen LogP contribution < -0.4 is 5.11 Å². The Morgan fingerprint density at radius 2 is 1.67 bits per heavy atom. The Balaban J connectivity index is 2.83. The van der Waals surface area contributed by atoms with Gasteiger partial charge in [-0.1, -0.05) is 51.0 Å². The number of unbranched alkanes of at least 4 members (excludes halogenated alkanes) is 2. The molecule has 0 saturated carbocycles. The number of carboxylic acid groups (broad SMARTS) is 1. The van der Waals surface area contributed by atoms with Crippen molar-refractivity contribution in [1.82, 2.24) is 0 Å². The van der Waals surface area contributed by atoms with Crippen molar-refractivity contribution in [3.8, 4) is 0 Å². The highest BCUT2D eigenvalue weighted by Gasteiger charge is 2.33. The summed E-state index contributed by atoms with van der Waals surface area (Å²) in [7, 11) is 0. The summed E-state index contributed by atoms with van der Waals surface area (Å²) < 4.78 is 0. The number of carbonyl (C=O) groups excluding carboxylic acids is 3.